The average Bonchev–Trinajstić information content (AvgIpc) is 2.48. The molecule has 8 heteroatoms. The zero-order valence-corrected chi connectivity index (χ0v) is 13.4. The lowest BCUT2D eigenvalue weighted by atomic mass is 10.2. The lowest BCUT2D eigenvalue weighted by Crippen LogP contribution is -2.52. The molecule has 2 aliphatic rings. The molecule has 2 fully saturated rings. The monoisotopic (exact) mass is 319 g/mol. The predicted octanol–water partition coefficient (Wildman–Crippen LogP) is -0.751. The molecule has 1 atom stereocenters. The van der Waals surface area contributed by atoms with Crippen LogP contribution >= 0.6 is 0 Å². The van der Waals surface area contributed by atoms with Gasteiger partial charge in [0, 0.05) is 39.3 Å². The second kappa shape index (κ2) is 7.53. The van der Waals surface area contributed by atoms with Crippen molar-refractivity contribution in [2.75, 3.05) is 51.6 Å². The van der Waals surface area contributed by atoms with Gasteiger partial charge in [-0.1, -0.05) is 6.92 Å². The summed E-state index contributed by atoms with van der Waals surface area (Å²) in [7, 11) is -3.15. The number of ether oxygens (including phenoxy) is 1. The lowest BCUT2D eigenvalue weighted by molar-refractivity contribution is -0.135. The summed E-state index contributed by atoms with van der Waals surface area (Å²) in [6.07, 6.45) is 0.926. The van der Waals surface area contributed by atoms with Gasteiger partial charge in [0.2, 0.25) is 15.9 Å². The van der Waals surface area contributed by atoms with E-state index in [1.54, 1.807) is 4.90 Å². The van der Waals surface area contributed by atoms with Crippen LogP contribution in [0.4, 0.5) is 0 Å². The zero-order valence-electron chi connectivity index (χ0n) is 12.6. The standard InChI is InChI=1S/C13H25N3O4S/c1-2-9-21(18,19)16-6-4-15(5-7-16)13(17)10-12-11-14-3-8-20-12/h12,14H,2-11H2,1H3. The average molecular weight is 319 g/mol. The largest absolute Gasteiger partial charge is 0.375 e. The van der Waals surface area contributed by atoms with Crippen LogP contribution in [0.3, 0.4) is 0 Å². The van der Waals surface area contributed by atoms with Gasteiger partial charge >= 0.3 is 0 Å². The molecule has 21 heavy (non-hydrogen) atoms. The van der Waals surface area contributed by atoms with E-state index >= 15 is 0 Å². The van der Waals surface area contributed by atoms with E-state index in [0.717, 1.165) is 6.54 Å². The number of nitrogens with one attached hydrogen (secondary N) is 1. The van der Waals surface area contributed by atoms with Crippen LogP contribution in [0.25, 0.3) is 0 Å². The molecule has 0 radical (unpaired) electrons. The summed E-state index contributed by atoms with van der Waals surface area (Å²) in [6.45, 7) is 5.78. The molecular formula is C13H25N3O4S. The van der Waals surface area contributed by atoms with E-state index in [9.17, 15) is 13.2 Å². The van der Waals surface area contributed by atoms with Gasteiger partial charge in [0.25, 0.3) is 0 Å². The highest BCUT2D eigenvalue weighted by Gasteiger charge is 2.29. The fraction of sp³-hybridized carbons (Fsp3) is 0.923. The first-order valence-corrected chi connectivity index (χ1v) is 9.22. The fourth-order valence-electron chi connectivity index (χ4n) is 2.68. The Kier molecular flexibility index (Phi) is 5.98. The SMILES string of the molecule is CCCS(=O)(=O)N1CCN(C(=O)CC2CNCCO2)CC1. The summed E-state index contributed by atoms with van der Waals surface area (Å²) in [5.74, 6) is 0.235. The molecule has 2 aliphatic heterocycles. The Bertz CT molecular complexity index is 440. The number of amides is 1. The minimum Gasteiger partial charge on any atom is -0.375 e. The molecule has 2 rings (SSSR count). The van der Waals surface area contributed by atoms with Gasteiger partial charge in [0.05, 0.1) is 24.9 Å². The van der Waals surface area contributed by atoms with E-state index in [-0.39, 0.29) is 17.8 Å². The molecule has 0 aromatic rings. The van der Waals surface area contributed by atoms with Gasteiger partial charge in [0.1, 0.15) is 0 Å². The molecule has 7 nitrogen and oxygen atoms in total. The van der Waals surface area contributed by atoms with Crippen molar-refractivity contribution in [3.05, 3.63) is 0 Å². The van der Waals surface area contributed by atoms with Crippen LogP contribution in [0.15, 0.2) is 0 Å². The molecule has 0 aliphatic carbocycles. The van der Waals surface area contributed by atoms with Gasteiger partial charge in [0.15, 0.2) is 0 Å². The van der Waals surface area contributed by atoms with Crippen molar-refractivity contribution in [1.29, 1.82) is 0 Å². The number of hydrogen-bond acceptors (Lipinski definition) is 5. The third kappa shape index (κ3) is 4.64. The number of rotatable bonds is 5. The number of carbonyl (C=O) groups is 1. The summed E-state index contributed by atoms with van der Waals surface area (Å²) in [5, 5.41) is 3.20. The zero-order chi connectivity index (χ0) is 15.3. The predicted molar refractivity (Wildman–Crippen MR) is 79.5 cm³/mol. The Balaban J connectivity index is 1.79. The van der Waals surface area contributed by atoms with Crippen LogP contribution in [-0.2, 0) is 19.6 Å². The molecule has 2 saturated heterocycles. The van der Waals surface area contributed by atoms with Gasteiger partial charge in [-0.15, -0.1) is 0 Å². The maximum absolute atomic E-state index is 12.2. The van der Waals surface area contributed by atoms with Crippen LogP contribution < -0.4 is 5.32 Å². The second-order valence-corrected chi connectivity index (χ2v) is 7.59. The number of carbonyl (C=O) groups excluding carboxylic acids is 1. The molecule has 1 unspecified atom stereocenters. The first-order chi connectivity index (χ1) is 10.0. The molecule has 0 bridgehead atoms. The van der Waals surface area contributed by atoms with Crippen LogP contribution in [0.5, 0.6) is 0 Å². The summed E-state index contributed by atoms with van der Waals surface area (Å²) in [6, 6.07) is 0. The number of hydrogen-bond donors (Lipinski definition) is 1. The quantitative estimate of drug-likeness (QED) is 0.721. The van der Waals surface area contributed by atoms with Crippen molar-refractivity contribution in [3.63, 3.8) is 0 Å². The maximum atomic E-state index is 12.2. The van der Waals surface area contributed by atoms with E-state index in [2.05, 4.69) is 5.32 Å². The first-order valence-electron chi connectivity index (χ1n) is 7.61. The second-order valence-electron chi connectivity index (χ2n) is 5.50. The van der Waals surface area contributed by atoms with Crippen molar-refractivity contribution in [2.45, 2.75) is 25.9 Å². The van der Waals surface area contributed by atoms with E-state index < -0.39 is 10.0 Å². The number of sulfonamides is 1. The molecule has 0 aromatic carbocycles. The van der Waals surface area contributed by atoms with Crippen molar-refractivity contribution in [1.82, 2.24) is 14.5 Å². The van der Waals surface area contributed by atoms with Gasteiger partial charge in [-0.05, 0) is 6.42 Å². The Labute approximate surface area is 126 Å². The normalized spacial score (nSPS) is 25.0. The van der Waals surface area contributed by atoms with Crippen LogP contribution in [0, 0.1) is 0 Å². The smallest absolute Gasteiger partial charge is 0.225 e. The summed E-state index contributed by atoms with van der Waals surface area (Å²) < 4.78 is 31.0. The number of morpholine rings is 1. The van der Waals surface area contributed by atoms with E-state index in [4.69, 9.17) is 4.74 Å². The third-order valence-electron chi connectivity index (χ3n) is 3.85. The number of piperazine rings is 1. The minimum atomic E-state index is -3.15. The Morgan fingerprint density at radius 1 is 1.29 bits per heavy atom. The molecule has 1 N–H and O–H groups in total. The Morgan fingerprint density at radius 3 is 2.57 bits per heavy atom. The molecule has 0 spiro atoms. The van der Waals surface area contributed by atoms with Crippen molar-refractivity contribution in [2.24, 2.45) is 0 Å². The van der Waals surface area contributed by atoms with Crippen LogP contribution in [0.2, 0.25) is 0 Å². The van der Waals surface area contributed by atoms with Gasteiger partial charge in [-0.25, -0.2) is 8.42 Å². The van der Waals surface area contributed by atoms with Crippen molar-refractivity contribution >= 4 is 15.9 Å². The highest BCUT2D eigenvalue weighted by Crippen LogP contribution is 2.12. The summed E-state index contributed by atoms with van der Waals surface area (Å²) in [5.41, 5.74) is 0. The van der Waals surface area contributed by atoms with Crippen molar-refractivity contribution < 1.29 is 17.9 Å². The molecule has 122 valence electrons. The Hall–Kier alpha value is -0.700. The molecule has 0 saturated carbocycles. The van der Waals surface area contributed by atoms with Crippen molar-refractivity contribution in [3.8, 4) is 0 Å². The van der Waals surface area contributed by atoms with Gasteiger partial charge in [-0.2, -0.15) is 4.31 Å². The lowest BCUT2D eigenvalue weighted by Gasteiger charge is -2.35. The minimum absolute atomic E-state index is 0.0521. The van der Waals surface area contributed by atoms with E-state index in [1.807, 2.05) is 6.92 Å². The van der Waals surface area contributed by atoms with Crippen LogP contribution in [0.1, 0.15) is 19.8 Å². The highest BCUT2D eigenvalue weighted by atomic mass is 32.2. The molecule has 1 amide bonds. The third-order valence-corrected chi connectivity index (χ3v) is 5.93. The van der Waals surface area contributed by atoms with Gasteiger partial charge < -0.3 is 15.0 Å². The molecule has 2 heterocycles. The molecular weight excluding hydrogens is 294 g/mol. The topological polar surface area (TPSA) is 79.0 Å². The summed E-state index contributed by atoms with van der Waals surface area (Å²) in [4.78, 5) is 13.9. The maximum Gasteiger partial charge on any atom is 0.225 e. The van der Waals surface area contributed by atoms with E-state index in [0.29, 0.717) is 52.2 Å². The fourth-order valence-corrected chi connectivity index (χ4v) is 4.17. The summed E-state index contributed by atoms with van der Waals surface area (Å²) >= 11 is 0. The van der Waals surface area contributed by atoms with E-state index in [1.165, 1.54) is 4.31 Å². The first kappa shape index (κ1) is 16.7. The molecule has 0 aromatic heterocycles. The Morgan fingerprint density at radius 2 is 2.00 bits per heavy atom. The van der Waals surface area contributed by atoms with Crippen LogP contribution in [-0.4, -0.2) is 81.3 Å². The van der Waals surface area contributed by atoms with Gasteiger partial charge in [-0.3, -0.25) is 4.79 Å². The number of nitrogens with zero attached hydrogens (tertiary/aromatic N) is 2. The highest BCUT2D eigenvalue weighted by molar-refractivity contribution is 7.89.